The van der Waals surface area contributed by atoms with E-state index in [4.69, 9.17) is 11.6 Å². The summed E-state index contributed by atoms with van der Waals surface area (Å²) in [4.78, 5) is 22.1. The van der Waals surface area contributed by atoms with Crippen LogP contribution in [0.25, 0.3) is 0 Å². The van der Waals surface area contributed by atoms with Crippen molar-refractivity contribution in [3.05, 3.63) is 23.2 Å². The largest absolute Gasteiger partial charge is 0.335 e. The normalized spacial score (nSPS) is 21.1. The van der Waals surface area contributed by atoms with Gasteiger partial charge in [0.25, 0.3) is 5.91 Å². The van der Waals surface area contributed by atoms with E-state index < -0.39 is 0 Å². The van der Waals surface area contributed by atoms with Gasteiger partial charge in [-0.2, -0.15) is 0 Å². The number of carbonyl (C=O) groups is 1. The lowest BCUT2D eigenvalue weighted by molar-refractivity contribution is 0.0691. The van der Waals surface area contributed by atoms with Crippen molar-refractivity contribution in [2.45, 2.75) is 38.6 Å². The van der Waals surface area contributed by atoms with E-state index in [-0.39, 0.29) is 11.9 Å². The van der Waals surface area contributed by atoms with Crippen molar-refractivity contribution in [3.8, 4) is 0 Å². The molecule has 0 N–H and O–H groups in total. The van der Waals surface area contributed by atoms with E-state index in [9.17, 15) is 4.79 Å². The molecule has 5 heteroatoms. The molecule has 1 aromatic rings. The van der Waals surface area contributed by atoms with Gasteiger partial charge in [-0.1, -0.05) is 24.4 Å². The van der Waals surface area contributed by atoms with Gasteiger partial charge in [0.1, 0.15) is 10.8 Å². The highest BCUT2D eigenvalue weighted by Crippen LogP contribution is 2.18. The highest BCUT2D eigenvalue weighted by atomic mass is 35.5. The molecular weight excluding hydrogens is 238 g/mol. The lowest BCUT2D eigenvalue weighted by Crippen LogP contribution is -2.38. The zero-order valence-corrected chi connectivity index (χ0v) is 10.7. The van der Waals surface area contributed by atoms with Gasteiger partial charge >= 0.3 is 0 Å². The van der Waals surface area contributed by atoms with E-state index in [1.54, 1.807) is 0 Å². The Morgan fingerprint density at radius 2 is 2.18 bits per heavy atom. The summed E-state index contributed by atoms with van der Waals surface area (Å²) in [6.07, 6.45) is 7.38. The molecule has 0 saturated carbocycles. The van der Waals surface area contributed by atoms with Crippen molar-refractivity contribution in [2.24, 2.45) is 0 Å². The Kier molecular flexibility index (Phi) is 3.94. The van der Waals surface area contributed by atoms with Crippen molar-refractivity contribution >= 4 is 17.5 Å². The minimum atomic E-state index is -0.0384. The molecule has 1 aliphatic rings. The zero-order chi connectivity index (χ0) is 12.3. The summed E-state index contributed by atoms with van der Waals surface area (Å²) in [5.74, 6) is -0.0384. The van der Waals surface area contributed by atoms with Crippen LogP contribution in [0.2, 0.25) is 5.15 Å². The fourth-order valence-corrected chi connectivity index (χ4v) is 2.24. The molecule has 1 saturated heterocycles. The highest BCUT2D eigenvalue weighted by molar-refractivity contribution is 6.29. The minimum Gasteiger partial charge on any atom is -0.335 e. The molecular formula is C12H16ClN3O. The predicted octanol–water partition coefficient (Wildman–Crippen LogP) is 2.53. The number of rotatable bonds is 1. The van der Waals surface area contributed by atoms with Gasteiger partial charge in [0.05, 0.1) is 12.4 Å². The van der Waals surface area contributed by atoms with Crippen molar-refractivity contribution in [1.29, 1.82) is 0 Å². The Bertz CT molecular complexity index is 393. The van der Waals surface area contributed by atoms with Crippen LogP contribution in [-0.4, -0.2) is 33.4 Å². The monoisotopic (exact) mass is 253 g/mol. The summed E-state index contributed by atoms with van der Waals surface area (Å²) in [5, 5.41) is 0.311. The number of carbonyl (C=O) groups excluding carboxylic acids is 1. The number of amides is 1. The van der Waals surface area contributed by atoms with Crippen LogP contribution in [0.15, 0.2) is 12.4 Å². The molecule has 1 aromatic heterocycles. The third kappa shape index (κ3) is 2.94. The molecule has 1 atom stereocenters. The van der Waals surface area contributed by atoms with Crippen LogP contribution in [0.1, 0.15) is 43.1 Å². The van der Waals surface area contributed by atoms with Gasteiger partial charge in [0.15, 0.2) is 0 Å². The summed E-state index contributed by atoms with van der Waals surface area (Å²) in [7, 11) is 0. The topological polar surface area (TPSA) is 46.1 Å². The maximum absolute atomic E-state index is 12.3. The lowest BCUT2D eigenvalue weighted by Gasteiger charge is -2.26. The second kappa shape index (κ2) is 5.45. The summed E-state index contributed by atoms with van der Waals surface area (Å²) in [6, 6.07) is 0.280. The van der Waals surface area contributed by atoms with E-state index in [2.05, 4.69) is 16.9 Å². The first-order chi connectivity index (χ1) is 8.18. The Balaban J connectivity index is 2.15. The fourth-order valence-electron chi connectivity index (χ4n) is 2.15. The van der Waals surface area contributed by atoms with Crippen molar-refractivity contribution in [1.82, 2.24) is 14.9 Å². The van der Waals surface area contributed by atoms with Crippen LogP contribution in [0.5, 0.6) is 0 Å². The fraction of sp³-hybridized carbons (Fsp3) is 0.583. The minimum absolute atomic E-state index is 0.0384. The maximum Gasteiger partial charge on any atom is 0.274 e. The number of aromatic nitrogens is 2. The first kappa shape index (κ1) is 12.3. The molecule has 0 aromatic carbocycles. The Hall–Kier alpha value is -1.16. The molecule has 1 unspecified atom stereocenters. The van der Waals surface area contributed by atoms with Crippen LogP contribution >= 0.6 is 11.6 Å². The smallest absolute Gasteiger partial charge is 0.274 e. The summed E-state index contributed by atoms with van der Waals surface area (Å²) < 4.78 is 0. The Labute approximate surface area is 106 Å². The Morgan fingerprint density at radius 3 is 2.88 bits per heavy atom. The molecule has 1 fully saturated rings. The van der Waals surface area contributed by atoms with Crippen molar-refractivity contribution in [2.75, 3.05) is 6.54 Å². The van der Waals surface area contributed by atoms with Gasteiger partial charge < -0.3 is 4.90 Å². The third-order valence-electron chi connectivity index (χ3n) is 3.15. The number of hydrogen-bond donors (Lipinski definition) is 0. The second-order valence-electron chi connectivity index (χ2n) is 4.42. The lowest BCUT2D eigenvalue weighted by atomic mass is 10.1. The summed E-state index contributed by atoms with van der Waals surface area (Å²) in [6.45, 7) is 2.90. The molecule has 4 nitrogen and oxygen atoms in total. The zero-order valence-electron chi connectivity index (χ0n) is 9.90. The highest BCUT2D eigenvalue weighted by Gasteiger charge is 2.23. The second-order valence-corrected chi connectivity index (χ2v) is 4.81. The van der Waals surface area contributed by atoms with Crippen LogP contribution in [0.3, 0.4) is 0 Å². The average molecular weight is 254 g/mol. The molecule has 17 heavy (non-hydrogen) atoms. The standard InChI is InChI=1S/C12H16ClN3O/c1-9-5-3-2-4-6-16(9)12(17)10-7-15-11(13)8-14-10/h7-9H,2-6H2,1H3. The molecule has 0 radical (unpaired) electrons. The van der Waals surface area contributed by atoms with E-state index in [0.717, 1.165) is 19.4 Å². The maximum atomic E-state index is 12.3. The van der Waals surface area contributed by atoms with Gasteiger partial charge in [-0.3, -0.25) is 4.79 Å². The quantitative estimate of drug-likeness (QED) is 0.773. The van der Waals surface area contributed by atoms with Crippen LogP contribution in [0, 0.1) is 0 Å². The number of likely N-dealkylation sites (tertiary alicyclic amines) is 1. The Morgan fingerprint density at radius 1 is 1.35 bits per heavy atom. The summed E-state index contributed by atoms with van der Waals surface area (Å²) >= 11 is 5.66. The van der Waals surface area contributed by atoms with Crippen LogP contribution < -0.4 is 0 Å². The van der Waals surface area contributed by atoms with E-state index in [1.807, 2.05) is 4.90 Å². The van der Waals surface area contributed by atoms with Crippen molar-refractivity contribution < 1.29 is 4.79 Å². The molecule has 1 amide bonds. The predicted molar refractivity (Wildman–Crippen MR) is 66.0 cm³/mol. The van der Waals surface area contributed by atoms with E-state index >= 15 is 0 Å². The molecule has 2 rings (SSSR count). The molecule has 2 heterocycles. The summed E-state index contributed by atoms with van der Waals surface area (Å²) in [5.41, 5.74) is 0.378. The number of hydrogen-bond acceptors (Lipinski definition) is 3. The third-order valence-corrected chi connectivity index (χ3v) is 3.35. The molecule has 0 aliphatic carbocycles. The van der Waals surface area contributed by atoms with Gasteiger partial charge in [0, 0.05) is 12.6 Å². The van der Waals surface area contributed by atoms with Gasteiger partial charge in [-0.15, -0.1) is 0 Å². The SMILES string of the molecule is CC1CCCCCN1C(=O)c1cnc(Cl)cn1. The van der Waals surface area contributed by atoms with E-state index in [1.165, 1.54) is 25.2 Å². The number of halogens is 1. The first-order valence-electron chi connectivity index (χ1n) is 5.97. The number of nitrogens with zero attached hydrogens (tertiary/aromatic N) is 3. The average Bonchev–Trinajstić information content (AvgIpc) is 2.54. The molecule has 1 aliphatic heterocycles. The molecule has 0 bridgehead atoms. The molecule has 0 spiro atoms. The first-order valence-corrected chi connectivity index (χ1v) is 6.35. The molecule has 92 valence electrons. The van der Waals surface area contributed by atoms with Gasteiger partial charge in [-0.25, -0.2) is 9.97 Å². The van der Waals surface area contributed by atoms with Crippen molar-refractivity contribution in [3.63, 3.8) is 0 Å². The van der Waals surface area contributed by atoms with Gasteiger partial charge in [0.2, 0.25) is 0 Å². The van der Waals surface area contributed by atoms with Crippen LogP contribution in [-0.2, 0) is 0 Å². The van der Waals surface area contributed by atoms with Gasteiger partial charge in [-0.05, 0) is 19.8 Å². The van der Waals surface area contributed by atoms with E-state index in [0.29, 0.717) is 10.8 Å². The van der Waals surface area contributed by atoms with Crippen LogP contribution in [0.4, 0.5) is 0 Å².